The van der Waals surface area contributed by atoms with Gasteiger partial charge in [0.2, 0.25) is 5.91 Å². The molecule has 0 radical (unpaired) electrons. The average Bonchev–Trinajstić information content (AvgIpc) is 3.25. The van der Waals surface area contributed by atoms with E-state index in [2.05, 4.69) is 15.7 Å². The Bertz CT molecular complexity index is 703. The zero-order valence-corrected chi connectivity index (χ0v) is 13.9. The van der Waals surface area contributed by atoms with Crippen LogP contribution in [0.5, 0.6) is 0 Å². The van der Waals surface area contributed by atoms with Gasteiger partial charge in [-0.3, -0.25) is 14.9 Å². The normalized spacial score (nSPS) is 17.0. The summed E-state index contributed by atoms with van der Waals surface area (Å²) >= 11 is 1.64. The van der Waals surface area contributed by atoms with Crippen LogP contribution in [0.15, 0.2) is 35.2 Å². The highest BCUT2D eigenvalue weighted by Crippen LogP contribution is 2.18. The maximum absolute atomic E-state index is 12.3. The molecule has 0 aliphatic carbocycles. The van der Waals surface area contributed by atoms with Gasteiger partial charge in [0.05, 0.1) is 4.92 Å². The Hall–Kier alpha value is -2.48. The van der Waals surface area contributed by atoms with Crippen molar-refractivity contribution in [1.29, 1.82) is 0 Å². The highest BCUT2D eigenvalue weighted by molar-refractivity contribution is 7.07. The molecule has 2 aromatic heterocycles. The number of thiophene rings is 1. The zero-order chi connectivity index (χ0) is 16.9. The lowest BCUT2D eigenvalue weighted by molar-refractivity contribution is -0.385. The van der Waals surface area contributed by atoms with Gasteiger partial charge in [-0.15, -0.1) is 0 Å². The molecule has 126 valence electrons. The number of likely N-dealkylation sites (tertiary alicyclic amines) is 1. The molecule has 1 amide bonds. The largest absolute Gasteiger partial charge is 0.365 e. The molecule has 0 aromatic carbocycles. The zero-order valence-electron chi connectivity index (χ0n) is 13.1. The van der Waals surface area contributed by atoms with Crippen molar-refractivity contribution in [3.8, 4) is 0 Å². The van der Waals surface area contributed by atoms with Crippen LogP contribution in [-0.4, -0.2) is 39.8 Å². The molecule has 3 rings (SSSR count). The summed E-state index contributed by atoms with van der Waals surface area (Å²) in [5.41, 5.74) is 1.18. The molecule has 0 bridgehead atoms. The summed E-state index contributed by atoms with van der Waals surface area (Å²) in [7, 11) is 0. The average molecular weight is 346 g/mol. The van der Waals surface area contributed by atoms with Crippen LogP contribution in [0.3, 0.4) is 0 Å². The van der Waals surface area contributed by atoms with Crippen LogP contribution in [0.25, 0.3) is 0 Å². The molecule has 0 saturated carbocycles. The van der Waals surface area contributed by atoms with Gasteiger partial charge in [-0.05, 0) is 41.3 Å². The lowest BCUT2D eigenvalue weighted by Gasteiger charge is -2.17. The van der Waals surface area contributed by atoms with Crippen LogP contribution in [0.4, 0.5) is 11.5 Å². The predicted molar refractivity (Wildman–Crippen MR) is 92.1 cm³/mol. The molecular weight excluding hydrogens is 328 g/mol. The van der Waals surface area contributed by atoms with E-state index in [0.717, 1.165) is 19.4 Å². The molecule has 8 heteroatoms. The lowest BCUT2D eigenvalue weighted by Crippen LogP contribution is -2.31. The van der Waals surface area contributed by atoms with Gasteiger partial charge in [-0.25, -0.2) is 4.98 Å². The van der Waals surface area contributed by atoms with Crippen molar-refractivity contribution in [2.24, 2.45) is 0 Å². The van der Waals surface area contributed by atoms with Crippen molar-refractivity contribution in [1.82, 2.24) is 9.88 Å². The molecule has 7 nitrogen and oxygen atoms in total. The van der Waals surface area contributed by atoms with Crippen molar-refractivity contribution in [2.45, 2.75) is 25.3 Å². The van der Waals surface area contributed by atoms with Crippen LogP contribution in [0.2, 0.25) is 0 Å². The van der Waals surface area contributed by atoms with Crippen molar-refractivity contribution in [3.63, 3.8) is 0 Å². The highest BCUT2D eigenvalue weighted by atomic mass is 32.1. The quantitative estimate of drug-likeness (QED) is 0.642. The molecule has 0 spiro atoms. The minimum atomic E-state index is -0.472. The fourth-order valence-corrected chi connectivity index (χ4v) is 3.44. The Labute approximate surface area is 143 Å². The highest BCUT2D eigenvalue weighted by Gasteiger charge is 2.26. The van der Waals surface area contributed by atoms with E-state index in [1.165, 1.54) is 17.8 Å². The van der Waals surface area contributed by atoms with Crippen molar-refractivity contribution in [3.05, 3.63) is 50.8 Å². The fourth-order valence-electron chi connectivity index (χ4n) is 2.74. The number of carbonyl (C=O) groups is 1. The molecule has 1 aliphatic rings. The summed E-state index contributed by atoms with van der Waals surface area (Å²) in [6, 6.07) is 5.20. The van der Waals surface area contributed by atoms with Crippen LogP contribution >= 0.6 is 11.3 Å². The van der Waals surface area contributed by atoms with Gasteiger partial charge in [-0.1, -0.05) is 0 Å². The number of carbonyl (C=O) groups excluding carboxylic acids is 1. The summed E-state index contributed by atoms with van der Waals surface area (Å²) in [5.74, 6) is 0.764. The van der Waals surface area contributed by atoms with Gasteiger partial charge in [0.15, 0.2) is 0 Å². The van der Waals surface area contributed by atoms with Crippen LogP contribution in [-0.2, 0) is 11.2 Å². The fraction of sp³-hybridized carbons (Fsp3) is 0.375. The molecule has 1 fully saturated rings. The van der Waals surface area contributed by atoms with E-state index >= 15 is 0 Å². The Kier molecular flexibility index (Phi) is 5.05. The number of anilines is 1. The van der Waals surface area contributed by atoms with Gasteiger partial charge in [0.25, 0.3) is 5.69 Å². The van der Waals surface area contributed by atoms with Crippen LogP contribution < -0.4 is 5.32 Å². The number of nitrogens with zero attached hydrogens (tertiary/aromatic N) is 3. The number of aryl methyl sites for hydroxylation is 1. The summed E-state index contributed by atoms with van der Waals surface area (Å²) in [6.45, 7) is 1.37. The second kappa shape index (κ2) is 7.39. The molecule has 24 heavy (non-hydrogen) atoms. The van der Waals surface area contributed by atoms with Crippen molar-refractivity contribution >= 4 is 28.7 Å². The number of nitrogens with one attached hydrogen (secondary N) is 1. The van der Waals surface area contributed by atoms with Gasteiger partial charge in [0.1, 0.15) is 12.0 Å². The minimum Gasteiger partial charge on any atom is -0.365 e. The molecule has 0 unspecified atom stereocenters. The van der Waals surface area contributed by atoms with E-state index in [1.807, 2.05) is 16.3 Å². The first kappa shape index (κ1) is 16.4. The molecule has 2 aromatic rings. The number of pyridine rings is 1. The molecule has 3 heterocycles. The van der Waals surface area contributed by atoms with Crippen molar-refractivity contribution < 1.29 is 9.72 Å². The first-order valence-corrected chi connectivity index (χ1v) is 8.72. The monoisotopic (exact) mass is 346 g/mol. The number of hydrogen-bond acceptors (Lipinski definition) is 6. The molecule has 1 saturated heterocycles. The number of nitro groups is 1. The third kappa shape index (κ3) is 4.08. The van der Waals surface area contributed by atoms with Gasteiger partial charge < -0.3 is 10.2 Å². The number of amides is 1. The number of aromatic nitrogens is 1. The third-order valence-corrected chi connectivity index (χ3v) is 4.79. The summed E-state index contributed by atoms with van der Waals surface area (Å²) < 4.78 is 0. The van der Waals surface area contributed by atoms with Gasteiger partial charge in [0, 0.05) is 31.6 Å². The summed E-state index contributed by atoms with van der Waals surface area (Å²) in [4.78, 5) is 28.3. The van der Waals surface area contributed by atoms with E-state index in [4.69, 9.17) is 0 Å². The SMILES string of the molecule is O=C(CCc1ccsc1)N1CC[C@H](Nc2ccc([N+](=O)[O-])cn2)C1. The first-order chi connectivity index (χ1) is 11.6. The maximum Gasteiger partial charge on any atom is 0.287 e. The standard InChI is InChI=1S/C16H18N4O3S/c21-16(4-1-12-6-8-24-11-12)19-7-5-13(10-19)18-15-3-2-14(9-17-15)20(22)23/h2-3,6,8-9,11,13H,1,4-5,7,10H2,(H,17,18)/t13-/m0/s1. The summed E-state index contributed by atoms with van der Waals surface area (Å²) in [6.07, 6.45) is 3.39. The third-order valence-electron chi connectivity index (χ3n) is 4.06. The van der Waals surface area contributed by atoms with Crippen LogP contribution in [0, 0.1) is 10.1 Å². The summed E-state index contributed by atoms with van der Waals surface area (Å²) in [5, 5.41) is 18.0. The Balaban J connectivity index is 1.47. The molecular formula is C16H18N4O3S. The smallest absolute Gasteiger partial charge is 0.287 e. The minimum absolute atomic E-state index is 0.0304. The number of hydrogen-bond donors (Lipinski definition) is 1. The molecule has 1 atom stereocenters. The van der Waals surface area contributed by atoms with Crippen LogP contribution in [0.1, 0.15) is 18.4 Å². The van der Waals surface area contributed by atoms with Crippen molar-refractivity contribution in [2.75, 3.05) is 18.4 Å². The number of rotatable bonds is 6. The van der Waals surface area contributed by atoms with E-state index in [9.17, 15) is 14.9 Å². The van der Waals surface area contributed by atoms with E-state index in [-0.39, 0.29) is 17.6 Å². The van der Waals surface area contributed by atoms with Gasteiger partial charge in [-0.2, -0.15) is 11.3 Å². The molecule has 1 aliphatic heterocycles. The van der Waals surface area contributed by atoms with Gasteiger partial charge >= 0.3 is 0 Å². The Morgan fingerprint density at radius 3 is 3.00 bits per heavy atom. The van der Waals surface area contributed by atoms with E-state index < -0.39 is 4.92 Å². The topological polar surface area (TPSA) is 88.4 Å². The van der Waals surface area contributed by atoms with E-state index in [0.29, 0.717) is 18.8 Å². The lowest BCUT2D eigenvalue weighted by atomic mass is 10.2. The van der Waals surface area contributed by atoms with E-state index in [1.54, 1.807) is 17.4 Å². The first-order valence-electron chi connectivity index (χ1n) is 7.77. The second-order valence-corrected chi connectivity index (χ2v) is 6.54. The maximum atomic E-state index is 12.3. The molecule has 1 N–H and O–H groups in total. The Morgan fingerprint density at radius 2 is 2.33 bits per heavy atom. The Morgan fingerprint density at radius 1 is 1.46 bits per heavy atom. The predicted octanol–water partition coefficient (Wildman–Crippen LogP) is 2.70. The second-order valence-electron chi connectivity index (χ2n) is 5.76.